The standard InChI is InChI=1S/C28H34N4O/c1-33-28-10-5-2-7-23(28)21-31-17-15-30(16-18-31)20-22-11-12-27-25(19-22)24-8-3-4-9-26(24)32(27)14-6-13-29/h2-5,7-12,19H,6,13-18,20-21,29H2,1H3. The highest BCUT2D eigenvalue weighted by Gasteiger charge is 2.19. The van der Waals surface area contributed by atoms with Crippen LogP contribution in [0.1, 0.15) is 17.5 Å². The average Bonchev–Trinajstić information content (AvgIpc) is 3.17. The van der Waals surface area contributed by atoms with Crippen molar-refractivity contribution in [1.29, 1.82) is 0 Å². The molecule has 1 aromatic heterocycles. The van der Waals surface area contributed by atoms with E-state index in [0.717, 1.165) is 64.5 Å². The van der Waals surface area contributed by atoms with Crippen LogP contribution < -0.4 is 10.5 Å². The number of aryl methyl sites for hydroxylation is 1. The molecule has 5 heteroatoms. The van der Waals surface area contributed by atoms with Gasteiger partial charge in [0.1, 0.15) is 5.75 Å². The van der Waals surface area contributed by atoms with E-state index in [1.54, 1.807) is 7.11 Å². The van der Waals surface area contributed by atoms with Crippen molar-refractivity contribution in [2.24, 2.45) is 5.73 Å². The summed E-state index contributed by atoms with van der Waals surface area (Å²) >= 11 is 0. The Morgan fingerprint density at radius 3 is 2.27 bits per heavy atom. The number of para-hydroxylation sites is 2. The number of nitrogens with two attached hydrogens (primary N) is 1. The smallest absolute Gasteiger partial charge is 0.123 e. The van der Waals surface area contributed by atoms with Crippen LogP contribution >= 0.6 is 0 Å². The quantitative estimate of drug-likeness (QED) is 0.437. The van der Waals surface area contributed by atoms with Crippen LogP contribution in [0.25, 0.3) is 21.8 Å². The average molecular weight is 443 g/mol. The summed E-state index contributed by atoms with van der Waals surface area (Å²) in [5.74, 6) is 0.985. The number of methoxy groups -OCH3 is 1. The highest BCUT2D eigenvalue weighted by atomic mass is 16.5. The Labute approximate surface area is 196 Å². The Morgan fingerprint density at radius 2 is 1.48 bits per heavy atom. The van der Waals surface area contributed by atoms with Crippen LogP contribution in [0.5, 0.6) is 5.75 Å². The molecule has 0 spiro atoms. The molecule has 2 N–H and O–H groups in total. The normalized spacial score (nSPS) is 15.5. The van der Waals surface area contributed by atoms with Crippen LogP contribution in [0.4, 0.5) is 0 Å². The fourth-order valence-electron chi connectivity index (χ4n) is 5.13. The van der Waals surface area contributed by atoms with Crippen molar-refractivity contribution in [3.8, 4) is 5.75 Å². The van der Waals surface area contributed by atoms with Crippen molar-refractivity contribution in [3.05, 3.63) is 77.9 Å². The number of hydrogen-bond acceptors (Lipinski definition) is 4. The van der Waals surface area contributed by atoms with Gasteiger partial charge in [-0.05, 0) is 42.8 Å². The van der Waals surface area contributed by atoms with E-state index >= 15 is 0 Å². The number of ether oxygens (including phenoxy) is 1. The Kier molecular flexibility index (Phi) is 6.63. The lowest BCUT2D eigenvalue weighted by Gasteiger charge is -2.35. The maximum absolute atomic E-state index is 5.80. The van der Waals surface area contributed by atoms with Crippen LogP contribution in [0.15, 0.2) is 66.7 Å². The molecule has 1 fully saturated rings. The number of piperazine rings is 1. The summed E-state index contributed by atoms with van der Waals surface area (Å²) in [6.45, 7) is 7.98. The topological polar surface area (TPSA) is 46.7 Å². The van der Waals surface area contributed by atoms with Crippen molar-refractivity contribution in [1.82, 2.24) is 14.4 Å². The molecule has 0 unspecified atom stereocenters. The lowest BCUT2D eigenvalue weighted by Crippen LogP contribution is -2.45. The van der Waals surface area contributed by atoms with Gasteiger partial charge in [0.25, 0.3) is 0 Å². The molecule has 1 aliphatic heterocycles. The van der Waals surface area contributed by atoms with Crippen LogP contribution in [-0.4, -0.2) is 54.2 Å². The molecule has 1 saturated heterocycles. The van der Waals surface area contributed by atoms with Crippen LogP contribution in [0, 0.1) is 0 Å². The van der Waals surface area contributed by atoms with E-state index in [1.807, 2.05) is 6.07 Å². The Hall–Kier alpha value is -2.86. The van der Waals surface area contributed by atoms with E-state index < -0.39 is 0 Å². The van der Waals surface area contributed by atoms with Gasteiger partial charge in [0.15, 0.2) is 0 Å². The first-order valence-corrected chi connectivity index (χ1v) is 12.0. The van der Waals surface area contributed by atoms with Crippen molar-refractivity contribution in [2.45, 2.75) is 26.1 Å². The first-order chi connectivity index (χ1) is 16.3. The molecule has 0 amide bonds. The second kappa shape index (κ2) is 9.96. The van der Waals surface area contributed by atoms with E-state index in [1.165, 1.54) is 32.9 Å². The number of rotatable bonds is 8. The maximum Gasteiger partial charge on any atom is 0.123 e. The minimum Gasteiger partial charge on any atom is -0.496 e. The molecule has 5 rings (SSSR count). The minimum atomic E-state index is 0.717. The van der Waals surface area contributed by atoms with Crippen molar-refractivity contribution in [3.63, 3.8) is 0 Å². The molecule has 172 valence electrons. The molecule has 2 heterocycles. The summed E-state index contributed by atoms with van der Waals surface area (Å²) in [7, 11) is 1.75. The molecule has 3 aromatic carbocycles. The molecular weight excluding hydrogens is 408 g/mol. The molecule has 0 saturated carbocycles. The molecule has 33 heavy (non-hydrogen) atoms. The second-order valence-corrected chi connectivity index (χ2v) is 9.03. The lowest BCUT2D eigenvalue weighted by molar-refractivity contribution is 0.121. The lowest BCUT2D eigenvalue weighted by atomic mass is 10.1. The zero-order valence-corrected chi connectivity index (χ0v) is 19.5. The summed E-state index contributed by atoms with van der Waals surface area (Å²) in [5.41, 5.74) is 11.1. The summed E-state index contributed by atoms with van der Waals surface area (Å²) in [6, 6.07) is 24.1. The largest absolute Gasteiger partial charge is 0.496 e. The van der Waals surface area contributed by atoms with E-state index in [4.69, 9.17) is 10.5 Å². The summed E-state index contributed by atoms with van der Waals surface area (Å²) in [4.78, 5) is 5.11. The Bertz CT molecular complexity index is 1220. The molecule has 4 aromatic rings. The number of benzene rings is 3. The SMILES string of the molecule is COc1ccccc1CN1CCN(Cc2ccc3c(c2)c2ccccc2n3CCCN)CC1. The third-order valence-corrected chi connectivity index (χ3v) is 6.88. The minimum absolute atomic E-state index is 0.717. The van der Waals surface area contributed by atoms with Gasteiger partial charge in [0, 0.05) is 73.2 Å². The maximum atomic E-state index is 5.80. The van der Waals surface area contributed by atoms with Gasteiger partial charge in [-0.1, -0.05) is 42.5 Å². The number of aromatic nitrogens is 1. The van der Waals surface area contributed by atoms with E-state index in [2.05, 4.69) is 75.0 Å². The first-order valence-electron chi connectivity index (χ1n) is 12.0. The highest BCUT2D eigenvalue weighted by molar-refractivity contribution is 6.08. The summed E-state index contributed by atoms with van der Waals surface area (Å²) in [6.07, 6.45) is 0.995. The Balaban J connectivity index is 1.28. The predicted octanol–water partition coefficient (Wildman–Crippen LogP) is 4.47. The van der Waals surface area contributed by atoms with Crippen molar-refractivity contribution in [2.75, 3.05) is 39.8 Å². The van der Waals surface area contributed by atoms with Crippen molar-refractivity contribution < 1.29 is 4.74 Å². The van der Waals surface area contributed by atoms with E-state index in [-0.39, 0.29) is 0 Å². The zero-order chi connectivity index (χ0) is 22.6. The third-order valence-electron chi connectivity index (χ3n) is 6.88. The van der Waals surface area contributed by atoms with Crippen LogP contribution in [-0.2, 0) is 19.6 Å². The van der Waals surface area contributed by atoms with Gasteiger partial charge in [-0.2, -0.15) is 0 Å². The number of hydrogen-bond donors (Lipinski definition) is 1. The summed E-state index contributed by atoms with van der Waals surface area (Å²) in [5, 5.41) is 2.70. The zero-order valence-electron chi connectivity index (χ0n) is 19.5. The molecule has 5 nitrogen and oxygen atoms in total. The first kappa shape index (κ1) is 22.0. The van der Waals surface area contributed by atoms with Gasteiger partial charge in [0.05, 0.1) is 7.11 Å². The number of fused-ring (bicyclic) bond motifs is 3. The van der Waals surface area contributed by atoms with Gasteiger partial charge in [-0.25, -0.2) is 0 Å². The van der Waals surface area contributed by atoms with Crippen LogP contribution in [0.2, 0.25) is 0 Å². The molecule has 0 atom stereocenters. The van der Waals surface area contributed by atoms with Gasteiger partial charge in [-0.15, -0.1) is 0 Å². The molecular formula is C28H34N4O. The van der Waals surface area contributed by atoms with Gasteiger partial charge in [-0.3, -0.25) is 9.80 Å². The van der Waals surface area contributed by atoms with Gasteiger partial charge in [0.2, 0.25) is 0 Å². The van der Waals surface area contributed by atoms with Crippen LogP contribution in [0.3, 0.4) is 0 Å². The van der Waals surface area contributed by atoms with E-state index in [9.17, 15) is 0 Å². The monoisotopic (exact) mass is 442 g/mol. The molecule has 1 aliphatic rings. The highest BCUT2D eigenvalue weighted by Crippen LogP contribution is 2.30. The molecule has 0 bridgehead atoms. The van der Waals surface area contributed by atoms with Gasteiger partial charge >= 0.3 is 0 Å². The van der Waals surface area contributed by atoms with Gasteiger partial charge < -0.3 is 15.0 Å². The van der Waals surface area contributed by atoms with Crippen molar-refractivity contribution >= 4 is 21.8 Å². The fourth-order valence-corrected chi connectivity index (χ4v) is 5.13. The number of nitrogens with zero attached hydrogens (tertiary/aromatic N) is 3. The molecule has 0 radical (unpaired) electrons. The summed E-state index contributed by atoms with van der Waals surface area (Å²) < 4.78 is 7.96. The Morgan fingerprint density at radius 1 is 0.788 bits per heavy atom. The third kappa shape index (κ3) is 4.62. The van der Waals surface area contributed by atoms with E-state index in [0.29, 0.717) is 0 Å². The molecule has 0 aliphatic carbocycles. The predicted molar refractivity (Wildman–Crippen MR) is 137 cm³/mol. The fraction of sp³-hybridized carbons (Fsp3) is 0.357. The second-order valence-electron chi connectivity index (χ2n) is 9.03.